The third-order valence-electron chi connectivity index (χ3n) is 1.54. The number of rotatable bonds is 2. The number of aromatic nitrogens is 1. The first-order valence-corrected chi connectivity index (χ1v) is 4.31. The Hall–Kier alpha value is -1.46. The van der Waals surface area contributed by atoms with Crippen LogP contribution in [0.15, 0.2) is 12.1 Å². The van der Waals surface area contributed by atoms with Gasteiger partial charge in [0.2, 0.25) is 0 Å². The van der Waals surface area contributed by atoms with Crippen molar-refractivity contribution in [3.8, 4) is 5.75 Å². The Morgan fingerprint density at radius 1 is 1.33 bits per heavy atom. The third kappa shape index (κ3) is 3.00. The molecule has 1 aromatic heterocycles. The molecule has 3 nitrogen and oxygen atoms in total. The third-order valence-corrected chi connectivity index (χ3v) is 1.54. The van der Waals surface area contributed by atoms with E-state index in [4.69, 9.17) is 10.5 Å². The van der Waals surface area contributed by atoms with Gasteiger partial charge in [-0.25, -0.2) is 4.98 Å². The van der Waals surface area contributed by atoms with Crippen molar-refractivity contribution in [3.05, 3.63) is 17.8 Å². The summed E-state index contributed by atoms with van der Waals surface area (Å²) < 4.78 is 41.8. The Kier molecular flexibility index (Phi) is 3.06. The zero-order valence-electron chi connectivity index (χ0n) is 8.30. The monoisotopic (exact) mass is 220 g/mol. The molecule has 0 unspecified atom stereocenters. The van der Waals surface area contributed by atoms with Crippen LogP contribution >= 0.6 is 0 Å². The molecular formula is C9H11F3N2O. The molecule has 0 bridgehead atoms. The molecule has 0 saturated carbocycles. The lowest BCUT2D eigenvalue weighted by molar-refractivity contribution is -0.141. The van der Waals surface area contributed by atoms with Crippen molar-refractivity contribution in [1.82, 2.24) is 4.98 Å². The molecule has 1 heterocycles. The molecule has 0 radical (unpaired) electrons. The number of alkyl halides is 3. The summed E-state index contributed by atoms with van der Waals surface area (Å²) >= 11 is 0. The van der Waals surface area contributed by atoms with Gasteiger partial charge in [0.25, 0.3) is 0 Å². The molecule has 0 saturated heterocycles. The fraction of sp³-hybridized carbons (Fsp3) is 0.444. The van der Waals surface area contributed by atoms with Crippen molar-refractivity contribution in [1.29, 1.82) is 0 Å². The van der Waals surface area contributed by atoms with Gasteiger partial charge in [0, 0.05) is 0 Å². The Balaban J connectivity index is 2.98. The van der Waals surface area contributed by atoms with Crippen LogP contribution in [0.3, 0.4) is 0 Å². The second kappa shape index (κ2) is 3.96. The van der Waals surface area contributed by atoms with Crippen LogP contribution in [0, 0.1) is 0 Å². The maximum Gasteiger partial charge on any atom is 0.433 e. The van der Waals surface area contributed by atoms with E-state index in [1.54, 1.807) is 13.8 Å². The summed E-state index contributed by atoms with van der Waals surface area (Å²) in [5.41, 5.74) is 4.31. The minimum absolute atomic E-state index is 0.161. The van der Waals surface area contributed by atoms with E-state index in [2.05, 4.69) is 4.98 Å². The highest BCUT2D eigenvalue weighted by Gasteiger charge is 2.33. The van der Waals surface area contributed by atoms with Crippen LogP contribution in [0.25, 0.3) is 0 Å². The molecular weight excluding hydrogens is 209 g/mol. The number of halogens is 3. The van der Waals surface area contributed by atoms with Crippen LogP contribution in [0.4, 0.5) is 19.0 Å². The van der Waals surface area contributed by atoms with Crippen LogP contribution in [-0.2, 0) is 6.18 Å². The van der Waals surface area contributed by atoms with Crippen molar-refractivity contribution in [2.45, 2.75) is 26.1 Å². The first-order chi connectivity index (χ1) is 6.80. The van der Waals surface area contributed by atoms with E-state index in [-0.39, 0.29) is 17.7 Å². The smallest absolute Gasteiger partial charge is 0.433 e. The summed E-state index contributed by atoms with van der Waals surface area (Å²) in [6, 6.07) is 2.01. The van der Waals surface area contributed by atoms with Gasteiger partial charge in [0.05, 0.1) is 6.10 Å². The molecule has 84 valence electrons. The molecule has 0 spiro atoms. The van der Waals surface area contributed by atoms with Gasteiger partial charge in [0.15, 0.2) is 11.6 Å². The van der Waals surface area contributed by atoms with E-state index in [0.29, 0.717) is 0 Å². The van der Waals surface area contributed by atoms with Crippen LogP contribution in [0.2, 0.25) is 0 Å². The molecule has 15 heavy (non-hydrogen) atoms. The van der Waals surface area contributed by atoms with Gasteiger partial charge in [-0.2, -0.15) is 13.2 Å². The van der Waals surface area contributed by atoms with E-state index >= 15 is 0 Å². The molecule has 0 aliphatic heterocycles. The summed E-state index contributed by atoms with van der Waals surface area (Å²) in [7, 11) is 0. The summed E-state index contributed by atoms with van der Waals surface area (Å²) in [6.45, 7) is 3.49. The second-order valence-corrected chi connectivity index (χ2v) is 3.24. The minimum Gasteiger partial charge on any atom is -0.487 e. The van der Waals surface area contributed by atoms with E-state index in [1.165, 1.54) is 6.07 Å². The lowest BCUT2D eigenvalue weighted by Gasteiger charge is -2.13. The molecule has 1 rings (SSSR count). The average molecular weight is 220 g/mol. The number of nitrogens with two attached hydrogens (primary N) is 1. The molecule has 0 aliphatic rings. The SMILES string of the molecule is CC(C)Oc1ccc(C(F)(F)F)nc1N. The molecule has 0 amide bonds. The van der Waals surface area contributed by atoms with Gasteiger partial charge in [-0.05, 0) is 26.0 Å². The van der Waals surface area contributed by atoms with Gasteiger partial charge < -0.3 is 10.5 Å². The summed E-state index contributed by atoms with van der Waals surface area (Å²) in [6.07, 6.45) is -4.64. The van der Waals surface area contributed by atoms with Crippen LogP contribution in [-0.4, -0.2) is 11.1 Å². The second-order valence-electron chi connectivity index (χ2n) is 3.24. The number of nitrogens with zero attached hydrogens (tertiary/aromatic N) is 1. The van der Waals surface area contributed by atoms with Crippen molar-refractivity contribution in [3.63, 3.8) is 0 Å². The number of hydrogen-bond donors (Lipinski definition) is 1. The van der Waals surface area contributed by atoms with E-state index < -0.39 is 11.9 Å². The first kappa shape index (κ1) is 11.6. The van der Waals surface area contributed by atoms with E-state index in [1.807, 2.05) is 0 Å². The fourth-order valence-corrected chi connectivity index (χ4v) is 0.974. The highest BCUT2D eigenvalue weighted by atomic mass is 19.4. The largest absolute Gasteiger partial charge is 0.487 e. The normalized spacial score (nSPS) is 11.9. The maximum absolute atomic E-state index is 12.2. The van der Waals surface area contributed by atoms with E-state index in [0.717, 1.165) is 6.07 Å². The quantitative estimate of drug-likeness (QED) is 0.832. The van der Waals surface area contributed by atoms with Crippen molar-refractivity contribution >= 4 is 5.82 Å². The van der Waals surface area contributed by atoms with Gasteiger partial charge >= 0.3 is 6.18 Å². The van der Waals surface area contributed by atoms with Crippen molar-refractivity contribution < 1.29 is 17.9 Å². The fourth-order valence-electron chi connectivity index (χ4n) is 0.974. The molecule has 1 aromatic rings. The number of hydrogen-bond acceptors (Lipinski definition) is 3. The van der Waals surface area contributed by atoms with Crippen LogP contribution in [0.5, 0.6) is 5.75 Å². The Bertz CT molecular complexity index is 350. The zero-order chi connectivity index (χ0) is 11.6. The van der Waals surface area contributed by atoms with Crippen LogP contribution in [0.1, 0.15) is 19.5 Å². The topological polar surface area (TPSA) is 48.1 Å². The van der Waals surface area contributed by atoms with E-state index in [9.17, 15) is 13.2 Å². The first-order valence-electron chi connectivity index (χ1n) is 4.31. The molecule has 6 heteroatoms. The Morgan fingerprint density at radius 2 is 1.93 bits per heavy atom. The number of ether oxygens (including phenoxy) is 1. The highest BCUT2D eigenvalue weighted by molar-refractivity contribution is 5.46. The molecule has 0 aliphatic carbocycles. The Morgan fingerprint density at radius 3 is 2.33 bits per heavy atom. The predicted octanol–water partition coefficient (Wildman–Crippen LogP) is 2.47. The molecule has 0 aromatic carbocycles. The predicted molar refractivity (Wildman–Crippen MR) is 49.4 cm³/mol. The zero-order valence-corrected chi connectivity index (χ0v) is 8.30. The number of anilines is 1. The lowest BCUT2D eigenvalue weighted by Crippen LogP contribution is -2.12. The summed E-state index contributed by atoms with van der Waals surface area (Å²) in [5, 5.41) is 0. The van der Waals surface area contributed by atoms with Gasteiger partial charge in [-0.15, -0.1) is 0 Å². The van der Waals surface area contributed by atoms with Crippen molar-refractivity contribution in [2.75, 3.05) is 5.73 Å². The van der Waals surface area contributed by atoms with Crippen LogP contribution < -0.4 is 10.5 Å². The maximum atomic E-state index is 12.2. The minimum atomic E-state index is -4.48. The lowest BCUT2D eigenvalue weighted by atomic mass is 10.3. The summed E-state index contributed by atoms with van der Waals surface area (Å²) in [4.78, 5) is 3.23. The number of nitrogen functional groups attached to an aromatic ring is 1. The highest BCUT2D eigenvalue weighted by Crippen LogP contribution is 2.31. The summed E-state index contributed by atoms with van der Waals surface area (Å²) in [5.74, 6) is -0.0866. The number of pyridine rings is 1. The molecule has 0 atom stereocenters. The molecule has 2 N–H and O–H groups in total. The standard InChI is InChI=1S/C9H11F3N2O/c1-5(2)15-6-3-4-7(9(10,11)12)14-8(6)13/h3-5H,1-2H3,(H2,13,14). The molecule has 0 fully saturated rings. The van der Waals surface area contributed by atoms with Gasteiger partial charge in [0.1, 0.15) is 5.69 Å². The average Bonchev–Trinajstić information content (AvgIpc) is 2.05. The van der Waals surface area contributed by atoms with Crippen molar-refractivity contribution in [2.24, 2.45) is 0 Å². The van der Waals surface area contributed by atoms with Gasteiger partial charge in [-0.1, -0.05) is 0 Å². The van der Waals surface area contributed by atoms with Gasteiger partial charge in [-0.3, -0.25) is 0 Å². The Labute approximate surface area is 85.1 Å².